The fourth-order valence-electron chi connectivity index (χ4n) is 2.84. The standard InChI is InChI=1S/C22H23N3O4S/c1-14-6-5-7-16(10-14)23-20(26)13-30-21-9-8-17(24-25-21)15-11-18(27-2)22(29-4)19(12-15)28-3/h5-12H,13H2,1-4H3,(H,23,26). The number of amides is 1. The van der Waals surface area contributed by atoms with Gasteiger partial charge in [-0.3, -0.25) is 4.79 Å². The molecule has 3 rings (SSSR count). The highest BCUT2D eigenvalue weighted by molar-refractivity contribution is 7.99. The minimum absolute atomic E-state index is 0.0962. The quantitative estimate of drug-likeness (QED) is 0.541. The molecule has 0 aliphatic carbocycles. The summed E-state index contributed by atoms with van der Waals surface area (Å²) in [5.74, 6) is 1.75. The number of rotatable bonds is 8. The molecule has 0 bridgehead atoms. The van der Waals surface area contributed by atoms with E-state index in [1.54, 1.807) is 21.3 Å². The summed E-state index contributed by atoms with van der Waals surface area (Å²) in [6.45, 7) is 1.98. The third-order valence-corrected chi connectivity index (χ3v) is 5.17. The van der Waals surface area contributed by atoms with Crippen molar-refractivity contribution >= 4 is 23.4 Å². The largest absolute Gasteiger partial charge is 0.493 e. The molecule has 3 aromatic rings. The SMILES string of the molecule is COc1cc(-c2ccc(SCC(=O)Nc3cccc(C)c3)nn2)cc(OC)c1OC. The summed E-state index contributed by atoms with van der Waals surface area (Å²) in [4.78, 5) is 12.2. The van der Waals surface area contributed by atoms with Gasteiger partial charge in [-0.1, -0.05) is 23.9 Å². The van der Waals surface area contributed by atoms with Crippen LogP contribution in [0.4, 0.5) is 5.69 Å². The lowest BCUT2D eigenvalue weighted by molar-refractivity contribution is -0.113. The van der Waals surface area contributed by atoms with Crippen LogP contribution in [0.1, 0.15) is 5.56 Å². The van der Waals surface area contributed by atoms with Crippen LogP contribution in [0.3, 0.4) is 0 Å². The van der Waals surface area contributed by atoms with Crippen LogP contribution in [0, 0.1) is 6.92 Å². The molecule has 0 aliphatic heterocycles. The Balaban J connectivity index is 1.67. The number of anilines is 1. The molecule has 30 heavy (non-hydrogen) atoms. The van der Waals surface area contributed by atoms with Crippen molar-refractivity contribution in [2.75, 3.05) is 32.4 Å². The van der Waals surface area contributed by atoms with Crippen molar-refractivity contribution in [2.45, 2.75) is 11.9 Å². The normalized spacial score (nSPS) is 10.4. The second kappa shape index (κ2) is 9.98. The minimum Gasteiger partial charge on any atom is -0.493 e. The van der Waals surface area contributed by atoms with Crippen LogP contribution in [0.15, 0.2) is 53.6 Å². The van der Waals surface area contributed by atoms with Crippen molar-refractivity contribution < 1.29 is 19.0 Å². The average molecular weight is 426 g/mol. The van der Waals surface area contributed by atoms with Gasteiger partial charge in [0.2, 0.25) is 11.7 Å². The molecule has 2 aromatic carbocycles. The summed E-state index contributed by atoms with van der Waals surface area (Å²) < 4.78 is 16.1. The van der Waals surface area contributed by atoms with Crippen LogP contribution in [0.25, 0.3) is 11.3 Å². The summed E-state index contributed by atoms with van der Waals surface area (Å²) in [7, 11) is 4.68. The Labute approximate surface area is 179 Å². The van der Waals surface area contributed by atoms with Gasteiger partial charge >= 0.3 is 0 Å². The third kappa shape index (κ3) is 5.21. The molecule has 0 fully saturated rings. The van der Waals surface area contributed by atoms with E-state index in [0.29, 0.717) is 28.0 Å². The number of carbonyl (C=O) groups excluding carboxylic acids is 1. The molecule has 0 unspecified atom stereocenters. The Kier molecular flexibility index (Phi) is 7.13. The van der Waals surface area contributed by atoms with Gasteiger partial charge in [0, 0.05) is 11.3 Å². The summed E-state index contributed by atoms with van der Waals surface area (Å²) in [5.41, 5.74) is 3.31. The maximum atomic E-state index is 12.2. The van der Waals surface area contributed by atoms with E-state index in [9.17, 15) is 4.79 Å². The first-order valence-corrected chi connectivity index (χ1v) is 10.2. The highest BCUT2D eigenvalue weighted by Gasteiger charge is 2.15. The number of aromatic nitrogens is 2. The van der Waals surface area contributed by atoms with Gasteiger partial charge in [0.25, 0.3) is 0 Å². The number of methoxy groups -OCH3 is 3. The molecule has 0 aliphatic rings. The van der Waals surface area contributed by atoms with Gasteiger partial charge in [-0.05, 0) is 48.9 Å². The van der Waals surface area contributed by atoms with Gasteiger partial charge in [-0.15, -0.1) is 10.2 Å². The van der Waals surface area contributed by atoms with E-state index in [0.717, 1.165) is 16.8 Å². The van der Waals surface area contributed by atoms with Gasteiger partial charge in [0.05, 0.1) is 32.8 Å². The number of nitrogens with zero attached hydrogens (tertiary/aromatic N) is 2. The van der Waals surface area contributed by atoms with Crippen molar-refractivity contribution in [3.63, 3.8) is 0 Å². The van der Waals surface area contributed by atoms with E-state index in [1.807, 2.05) is 55.5 Å². The molecule has 0 saturated heterocycles. The Morgan fingerprint density at radius 1 is 0.967 bits per heavy atom. The molecular formula is C22H23N3O4S. The summed E-state index contributed by atoms with van der Waals surface area (Å²) >= 11 is 1.32. The smallest absolute Gasteiger partial charge is 0.234 e. The predicted molar refractivity (Wildman–Crippen MR) is 118 cm³/mol. The van der Waals surface area contributed by atoms with Gasteiger partial charge < -0.3 is 19.5 Å². The summed E-state index contributed by atoms with van der Waals surface area (Å²) in [6, 6.07) is 15.0. The number of aryl methyl sites for hydroxylation is 1. The Morgan fingerprint density at radius 3 is 2.27 bits per heavy atom. The molecule has 0 radical (unpaired) electrons. The zero-order valence-corrected chi connectivity index (χ0v) is 18.1. The Hall–Kier alpha value is -3.26. The topological polar surface area (TPSA) is 82.6 Å². The monoisotopic (exact) mass is 425 g/mol. The first-order chi connectivity index (χ1) is 14.5. The molecule has 1 N–H and O–H groups in total. The van der Waals surface area contributed by atoms with Crippen molar-refractivity contribution in [3.05, 3.63) is 54.1 Å². The lowest BCUT2D eigenvalue weighted by Crippen LogP contribution is -2.14. The second-order valence-electron chi connectivity index (χ2n) is 6.38. The second-order valence-corrected chi connectivity index (χ2v) is 7.37. The van der Waals surface area contributed by atoms with Crippen LogP contribution in [0.5, 0.6) is 17.2 Å². The molecule has 8 heteroatoms. The van der Waals surface area contributed by atoms with Crippen molar-refractivity contribution in [3.8, 4) is 28.5 Å². The van der Waals surface area contributed by atoms with E-state index in [2.05, 4.69) is 15.5 Å². The fraction of sp³-hybridized carbons (Fsp3) is 0.227. The molecule has 0 saturated carbocycles. The molecular weight excluding hydrogens is 402 g/mol. The zero-order valence-electron chi connectivity index (χ0n) is 17.3. The minimum atomic E-state index is -0.0962. The van der Waals surface area contributed by atoms with Gasteiger partial charge in [0.1, 0.15) is 5.03 Å². The van der Waals surface area contributed by atoms with Crippen molar-refractivity contribution in [2.24, 2.45) is 0 Å². The van der Waals surface area contributed by atoms with Crippen LogP contribution in [-0.2, 0) is 4.79 Å². The van der Waals surface area contributed by atoms with Gasteiger partial charge in [-0.25, -0.2) is 0 Å². The van der Waals surface area contributed by atoms with Crippen LogP contribution in [0.2, 0.25) is 0 Å². The molecule has 7 nitrogen and oxygen atoms in total. The van der Waals surface area contributed by atoms with Gasteiger partial charge in [0.15, 0.2) is 11.5 Å². The zero-order chi connectivity index (χ0) is 21.5. The Morgan fingerprint density at radius 2 is 1.70 bits per heavy atom. The summed E-state index contributed by atoms with van der Waals surface area (Å²) in [5, 5.41) is 12.0. The van der Waals surface area contributed by atoms with E-state index >= 15 is 0 Å². The highest BCUT2D eigenvalue weighted by Crippen LogP contribution is 2.40. The molecule has 1 aromatic heterocycles. The maximum Gasteiger partial charge on any atom is 0.234 e. The van der Waals surface area contributed by atoms with E-state index in [-0.39, 0.29) is 11.7 Å². The molecule has 0 atom stereocenters. The number of benzene rings is 2. The first kappa shape index (κ1) is 21.4. The number of ether oxygens (including phenoxy) is 3. The predicted octanol–water partition coefficient (Wildman–Crippen LogP) is 4.21. The van der Waals surface area contributed by atoms with Crippen LogP contribution in [-0.4, -0.2) is 43.2 Å². The highest BCUT2D eigenvalue weighted by atomic mass is 32.2. The Bertz CT molecular complexity index is 1000. The number of hydrogen-bond donors (Lipinski definition) is 1. The lowest BCUT2D eigenvalue weighted by atomic mass is 10.1. The van der Waals surface area contributed by atoms with Crippen molar-refractivity contribution in [1.82, 2.24) is 10.2 Å². The van der Waals surface area contributed by atoms with Crippen LogP contribution < -0.4 is 19.5 Å². The number of nitrogens with one attached hydrogen (secondary N) is 1. The van der Waals surface area contributed by atoms with Crippen molar-refractivity contribution in [1.29, 1.82) is 0 Å². The third-order valence-electron chi connectivity index (χ3n) is 4.25. The van der Waals surface area contributed by atoms with E-state index < -0.39 is 0 Å². The first-order valence-electron chi connectivity index (χ1n) is 9.17. The van der Waals surface area contributed by atoms with E-state index in [4.69, 9.17) is 14.2 Å². The molecule has 0 spiro atoms. The average Bonchev–Trinajstić information content (AvgIpc) is 2.77. The number of hydrogen-bond acceptors (Lipinski definition) is 7. The number of carbonyl (C=O) groups is 1. The van der Waals surface area contributed by atoms with Crippen LogP contribution >= 0.6 is 11.8 Å². The molecule has 156 valence electrons. The fourth-order valence-corrected chi connectivity index (χ4v) is 3.45. The summed E-state index contributed by atoms with van der Waals surface area (Å²) in [6.07, 6.45) is 0. The molecule has 1 amide bonds. The maximum absolute atomic E-state index is 12.2. The lowest BCUT2D eigenvalue weighted by Gasteiger charge is -2.13. The van der Waals surface area contributed by atoms with E-state index in [1.165, 1.54) is 11.8 Å². The van der Waals surface area contributed by atoms with Gasteiger partial charge in [-0.2, -0.15) is 0 Å². The molecule has 1 heterocycles. The number of thioether (sulfide) groups is 1.